The molecular weight excluding hydrogens is 314 g/mol. The zero-order chi connectivity index (χ0) is 13.7. The minimum Gasteiger partial charge on any atom is -0.234 e. The van der Waals surface area contributed by atoms with Crippen LogP contribution in [0.25, 0.3) is 16.9 Å². The van der Waals surface area contributed by atoms with Crippen LogP contribution in [-0.2, 0) is 12.8 Å². The number of hydrogen-bond donors (Lipinski definition) is 0. The highest BCUT2D eigenvalue weighted by molar-refractivity contribution is 9.10. The van der Waals surface area contributed by atoms with E-state index in [4.69, 9.17) is 10.1 Å². The van der Waals surface area contributed by atoms with Crippen molar-refractivity contribution in [3.63, 3.8) is 0 Å². The molecular formula is C16H14BrN3. The highest BCUT2D eigenvalue weighted by Crippen LogP contribution is 2.27. The molecule has 4 rings (SSSR count). The summed E-state index contributed by atoms with van der Waals surface area (Å²) in [5.41, 5.74) is 6.97. The van der Waals surface area contributed by atoms with E-state index < -0.39 is 0 Å². The molecule has 3 nitrogen and oxygen atoms in total. The first kappa shape index (κ1) is 12.1. The van der Waals surface area contributed by atoms with Crippen LogP contribution in [0.5, 0.6) is 0 Å². The first-order chi connectivity index (χ1) is 9.72. The molecule has 1 aliphatic rings. The molecule has 0 saturated carbocycles. The van der Waals surface area contributed by atoms with E-state index >= 15 is 0 Å². The molecule has 0 radical (unpaired) electrons. The van der Waals surface area contributed by atoms with Crippen molar-refractivity contribution >= 4 is 21.6 Å². The average molecular weight is 328 g/mol. The van der Waals surface area contributed by atoms with Gasteiger partial charge in [-0.1, -0.05) is 28.1 Å². The lowest BCUT2D eigenvalue weighted by atomic mass is 10.1. The van der Waals surface area contributed by atoms with E-state index in [9.17, 15) is 0 Å². The van der Waals surface area contributed by atoms with Crippen molar-refractivity contribution < 1.29 is 0 Å². The summed E-state index contributed by atoms with van der Waals surface area (Å²) in [6.07, 6.45) is 3.46. The largest absolute Gasteiger partial charge is 0.234 e. The topological polar surface area (TPSA) is 30.2 Å². The van der Waals surface area contributed by atoms with Gasteiger partial charge in [0.2, 0.25) is 0 Å². The maximum atomic E-state index is 4.76. The number of rotatable bonds is 1. The second-order valence-electron chi connectivity index (χ2n) is 5.28. The number of halogens is 1. The predicted molar refractivity (Wildman–Crippen MR) is 82.9 cm³/mol. The van der Waals surface area contributed by atoms with Gasteiger partial charge in [0.05, 0.1) is 5.69 Å². The lowest BCUT2D eigenvalue weighted by Crippen LogP contribution is -2.02. The molecule has 0 bridgehead atoms. The first-order valence-electron chi connectivity index (χ1n) is 6.86. The quantitative estimate of drug-likeness (QED) is 0.677. The molecule has 0 unspecified atom stereocenters. The summed E-state index contributed by atoms with van der Waals surface area (Å²) in [5, 5.41) is 4.76. The fourth-order valence-corrected chi connectivity index (χ4v) is 3.27. The summed E-state index contributed by atoms with van der Waals surface area (Å²) >= 11 is 3.46. The SMILES string of the molecule is Cc1nc2cc(-c3ccc(Br)cc3)nn2c2c1CCC2. The second-order valence-corrected chi connectivity index (χ2v) is 6.20. The van der Waals surface area contributed by atoms with Gasteiger partial charge in [-0.25, -0.2) is 9.50 Å². The van der Waals surface area contributed by atoms with Crippen molar-refractivity contribution in [3.8, 4) is 11.3 Å². The van der Waals surface area contributed by atoms with E-state index in [0.717, 1.165) is 39.9 Å². The monoisotopic (exact) mass is 327 g/mol. The zero-order valence-electron chi connectivity index (χ0n) is 11.2. The van der Waals surface area contributed by atoms with Crippen LogP contribution >= 0.6 is 15.9 Å². The van der Waals surface area contributed by atoms with Crippen LogP contribution in [0.3, 0.4) is 0 Å². The summed E-state index contributed by atoms with van der Waals surface area (Å²) < 4.78 is 3.12. The summed E-state index contributed by atoms with van der Waals surface area (Å²) in [5.74, 6) is 0. The molecule has 1 aliphatic carbocycles. The number of aromatic nitrogens is 3. The number of hydrogen-bond acceptors (Lipinski definition) is 2. The molecule has 1 aromatic carbocycles. The fourth-order valence-electron chi connectivity index (χ4n) is 3.00. The van der Waals surface area contributed by atoms with Crippen LogP contribution in [0.1, 0.15) is 23.4 Å². The van der Waals surface area contributed by atoms with Gasteiger partial charge < -0.3 is 0 Å². The Morgan fingerprint density at radius 2 is 1.95 bits per heavy atom. The van der Waals surface area contributed by atoms with Crippen molar-refractivity contribution in [3.05, 3.63) is 51.8 Å². The van der Waals surface area contributed by atoms with Gasteiger partial charge in [-0.2, -0.15) is 5.10 Å². The van der Waals surface area contributed by atoms with Crippen LogP contribution in [0, 0.1) is 6.92 Å². The molecule has 3 aromatic rings. The number of benzene rings is 1. The summed E-state index contributed by atoms with van der Waals surface area (Å²) in [7, 11) is 0. The zero-order valence-corrected chi connectivity index (χ0v) is 12.8. The Balaban J connectivity index is 1.93. The van der Waals surface area contributed by atoms with Crippen LogP contribution in [0.15, 0.2) is 34.8 Å². The van der Waals surface area contributed by atoms with Crippen LogP contribution in [-0.4, -0.2) is 14.6 Å². The molecule has 0 aliphatic heterocycles. The molecule has 0 atom stereocenters. The molecule has 0 N–H and O–H groups in total. The summed E-state index contributed by atoms with van der Waals surface area (Å²) in [6.45, 7) is 2.11. The highest BCUT2D eigenvalue weighted by atomic mass is 79.9. The molecule has 2 aromatic heterocycles. The molecule has 4 heteroatoms. The third-order valence-electron chi connectivity index (χ3n) is 3.99. The van der Waals surface area contributed by atoms with Crippen LogP contribution in [0.4, 0.5) is 0 Å². The third-order valence-corrected chi connectivity index (χ3v) is 4.52. The van der Waals surface area contributed by atoms with Gasteiger partial charge in [-0.05, 0) is 43.9 Å². The molecule has 0 spiro atoms. The van der Waals surface area contributed by atoms with Gasteiger partial charge in [0.15, 0.2) is 5.65 Å². The molecule has 100 valence electrons. The first-order valence-corrected chi connectivity index (χ1v) is 7.66. The van der Waals surface area contributed by atoms with E-state index in [-0.39, 0.29) is 0 Å². The number of aryl methyl sites for hydroxylation is 2. The minimum absolute atomic E-state index is 0.959. The van der Waals surface area contributed by atoms with E-state index in [1.54, 1.807) is 0 Å². The Bertz CT molecular complexity index is 803. The van der Waals surface area contributed by atoms with Gasteiger partial charge in [0, 0.05) is 27.5 Å². The van der Waals surface area contributed by atoms with Crippen molar-refractivity contribution in [1.29, 1.82) is 0 Å². The minimum atomic E-state index is 0.959. The fraction of sp³-hybridized carbons (Fsp3) is 0.250. The Kier molecular flexibility index (Phi) is 2.67. The van der Waals surface area contributed by atoms with Crippen molar-refractivity contribution in [2.45, 2.75) is 26.2 Å². The number of fused-ring (bicyclic) bond motifs is 3. The van der Waals surface area contributed by atoms with Gasteiger partial charge >= 0.3 is 0 Å². The highest BCUT2D eigenvalue weighted by Gasteiger charge is 2.19. The van der Waals surface area contributed by atoms with E-state index in [1.807, 2.05) is 16.6 Å². The Labute approximate surface area is 125 Å². The second kappa shape index (κ2) is 4.42. The predicted octanol–water partition coefficient (Wildman–Crippen LogP) is 3.96. The lowest BCUT2D eigenvalue weighted by Gasteiger charge is -2.05. The standard InChI is InChI=1S/C16H14BrN3/c1-10-13-3-2-4-15(13)20-16(18-10)9-14(19-20)11-5-7-12(17)8-6-11/h5-9H,2-4H2,1H3. The molecule has 2 heterocycles. The van der Waals surface area contributed by atoms with Crippen LogP contribution < -0.4 is 0 Å². The van der Waals surface area contributed by atoms with Crippen molar-refractivity contribution in [2.75, 3.05) is 0 Å². The molecule has 20 heavy (non-hydrogen) atoms. The van der Waals surface area contributed by atoms with Gasteiger partial charge in [-0.3, -0.25) is 0 Å². The smallest absolute Gasteiger partial charge is 0.156 e. The maximum absolute atomic E-state index is 4.76. The van der Waals surface area contributed by atoms with Crippen molar-refractivity contribution in [2.24, 2.45) is 0 Å². The molecule has 0 amide bonds. The van der Waals surface area contributed by atoms with Gasteiger partial charge in [-0.15, -0.1) is 0 Å². The number of nitrogens with zero attached hydrogens (tertiary/aromatic N) is 3. The maximum Gasteiger partial charge on any atom is 0.156 e. The Hall–Kier alpha value is -1.68. The normalized spacial score (nSPS) is 13.9. The average Bonchev–Trinajstić information content (AvgIpc) is 3.05. The Morgan fingerprint density at radius 1 is 1.15 bits per heavy atom. The Morgan fingerprint density at radius 3 is 2.75 bits per heavy atom. The third kappa shape index (κ3) is 1.79. The summed E-state index contributed by atoms with van der Waals surface area (Å²) in [6, 6.07) is 10.3. The van der Waals surface area contributed by atoms with E-state index in [2.05, 4.69) is 41.1 Å². The molecule has 0 saturated heterocycles. The summed E-state index contributed by atoms with van der Waals surface area (Å²) in [4.78, 5) is 4.70. The lowest BCUT2D eigenvalue weighted by molar-refractivity contribution is 0.837. The molecule has 0 fully saturated rings. The van der Waals surface area contributed by atoms with Crippen molar-refractivity contribution in [1.82, 2.24) is 14.6 Å². The van der Waals surface area contributed by atoms with E-state index in [0.29, 0.717) is 0 Å². The van der Waals surface area contributed by atoms with Crippen LogP contribution in [0.2, 0.25) is 0 Å². The van der Waals surface area contributed by atoms with Gasteiger partial charge in [0.25, 0.3) is 0 Å². The van der Waals surface area contributed by atoms with E-state index in [1.165, 1.54) is 17.7 Å². The van der Waals surface area contributed by atoms with Gasteiger partial charge in [0.1, 0.15) is 0 Å².